The molecule has 1 unspecified atom stereocenters. The third kappa shape index (κ3) is 8.72. The minimum absolute atomic E-state index is 0. The Hall–Kier alpha value is -1.03. The van der Waals surface area contributed by atoms with Crippen LogP contribution in [0.2, 0.25) is 0 Å². The molecule has 0 aromatic heterocycles. The summed E-state index contributed by atoms with van der Waals surface area (Å²) in [7, 11) is 1.63. The van der Waals surface area contributed by atoms with E-state index in [4.69, 9.17) is 4.74 Å². The Morgan fingerprint density at radius 2 is 1.88 bits per heavy atom. The molecule has 0 saturated carbocycles. The Balaban J connectivity index is 0.00000529. The van der Waals surface area contributed by atoms with Gasteiger partial charge in [-0.25, -0.2) is 0 Å². The van der Waals surface area contributed by atoms with Crippen molar-refractivity contribution < 1.29 is 17.9 Å². The topological polar surface area (TPSA) is 45.7 Å². The molecule has 0 aliphatic carbocycles. The van der Waals surface area contributed by atoms with Gasteiger partial charge in [-0.3, -0.25) is 4.99 Å². The maximum Gasteiger partial charge on any atom is 0.416 e. The fourth-order valence-corrected chi connectivity index (χ4v) is 2.00. The molecule has 1 atom stereocenters. The van der Waals surface area contributed by atoms with E-state index in [-0.39, 0.29) is 30.0 Å². The third-order valence-electron chi connectivity index (χ3n) is 3.10. The van der Waals surface area contributed by atoms with E-state index in [1.165, 1.54) is 12.1 Å². The van der Waals surface area contributed by atoms with E-state index in [1.807, 2.05) is 13.8 Å². The molecule has 0 saturated heterocycles. The van der Waals surface area contributed by atoms with Crippen LogP contribution in [0.5, 0.6) is 0 Å². The van der Waals surface area contributed by atoms with Crippen LogP contribution in [0.25, 0.3) is 0 Å². The highest BCUT2D eigenvalue weighted by Crippen LogP contribution is 2.29. The van der Waals surface area contributed by atoms with Gasteiger partial charge in [-0.1, -0.05) is 12.1 Å². The van der Waals surface area contributed by atoms with Gasteiger partial charge in [0.1, 0.15) is 0 Å². The molecule has 0 spiro atoms. The third-order valence-corrected chi connectivity index (χ3v) is 3.10. The molecule has 138 valence electrons. The van der Waals surface area contributed by atoms with Gasteiger partial charge >= 0.3 is 6.18 Å². The summed E-state index contributed by atoms with van der Waals surface area (Å²) in [6.07, 6.45) is -3.72. The Kier molecular flexibility index (Phi) is 11.0. The second-order valence-electron chi connectivity index (χ2n) is 5.21. The van der Waals surface area contributed by atoms with Crippen molar-refractivity contribution >= 4 is 29.9 Å². The zero-order chi connectivity index (χ0) is 17.3. The van der Waals surface area contributed by atoms with Crippen molar-refractivity contribution in [3.05, 3.63) is 35.4 Å². The molecule has 8 heteroatoms. The number of rotatable bonds is 7. The van der Waals surface area contributed by atoms with Crippen molar-refractivity contribution in [2.75, 3.05) is 26.8 Å². The van der Waals surface area contributed by atoms with Gasteiger partial charge in [0.15, 0.2) is 5.96 Å². The highest BCUT2D eigenvalue weighted by Gasteiger charge is 2.29. The molecule has 0 radical (unpaired) electrons. The van der Waals surface area contributed by atoms with Crippen LogP contribution in [0.15, 0.2) is 29.3 Å². The summed E-state index contributed by atoms with van der Waals surface area (Å²) in [4.78, 5) is 4.42. The van der Waals surface area contributed by atoms with Gasteiger partial charge in [0, 0.05) is 26.2 Å². The zero-order valence-corrected chi connectivity index (χ0v) is 16.4. The van der Waals surface area contributed by atoms with Gasteiger partial charge in [0.25, 0.3) is 0 Å². The minimum atomic E-state index is -4.30. The quantitative estimate of drug-likeness (QED) is 0.373. The van der Waals surface area contributed by atoms with Crippen LogP contribution in [0.1, 0.15) is 25.0 Å². The van der Waals surface area contributed by atoms with Crippen molar-refractivity contribution in [1.82, 2.24) is 10.6 Å². The summed E-state index contributed by atoms with van der Waals surface area (Å²) >= 11 is 0. The fourth-order valence-electron chi connectivity index (χ4n) is 2.00. The number of alkyl halides is 3. The van der Waals surface area contributed by atoms with Crippen molar-refractivity contribution in [2.45, 2.75) is 32.5 Å². The second kappa shape index (κ2) is 11.5. The van der Waals surface area contributed by atoms with E-state index < -0.39 is 11.7 Å². The number of aliphatic imine (C=N–C) groups is 1. The van der Waals surface area contributed by atoms with Crippen molar-refractivity contribution in [1.29, 1.82) is 0 Å². The summed E-state index contributed by atoms with van der Waals surface area (Å²) in [6, 6.07) is 5.30. The molecule has 0 aliphatic heterocycles. The molecule has 2 N–H and O–H groups in total. The molecule has 1 rings (SSSR count). The smallest absolute Gasteiger partial charge is 0.383 e. The maximum atomic E-state index is 12.5. The molecular formula is C16H25F3IN3O. The largest absolute Gasteiger partial charge is 0.416 e. The first-order chi connectivity index (χ1) is 10.9. The molecule has 0 fully saturated rings. The number of guanidine groups is 1. The van der Waals surface area contributed by atoms with Crippen LogP contribution in [-0.4, -0.2) is 38.8 Å². The molecule has 4 nitrogen and oxygen atoms in total. The predicted octanol–water partition coefficient (Wildman–Crippen LogP) is 3.46. The number of hydrogen-bond donors (Lipinski definition) is 2. The van der Waals surface area contributed by atoms with Gasteiger partial charge in [0.2, 0.25) is 0 Å². The lowest BCUT2D eigenvalue weighted by molar-refractivity contribution is -0.137. The first kappa shape index (κ1) is 23.0. The fraction of sp³-hybridized carbons (Fsp3) is 0.562. The number of ether oxygens (including phenoxy) is 1. The number of hydrogen-bond acceptors (Lipinski definition) is 2. The van der Waals surface area contributed by atoms with Crippen molar-refractivity contribution in [2.24, 2.45) is 4.99 Å². The molecule has 0 heterocycles. The van der Waals surface area contributed by atoms with E-state index in [0.717, 1.165) is 24.2 Å². The summed E-state index contributed by atoms with van der Waals surface area (Å²) in [5.74, 6) is 0.670. The van der Waals surface area contributed by atoms with Gasteiger partial charge in [0.05, 0.1) is 12.2 Å². The Labute approximate surface area is 158 Å². The number of halogens is 4. The Bertz CT molecular complexity index is 492. The van der Waals surface area contributed by atoms with Crippen LogP contribution in [-0.2, 0) is 17.3 Å². The highest BCUT2D eigenvalue weighted by atomic mass is 127. The Morgan fingerprint density at radius 1 is 1.25 bits per heavy atom. The molecule has 1 aromatic carbocycles. The summed E-state index contributed by atoms with van der Waals surface area (Å²) < 4.78 is 42.6. The van der Waals surface area contributed by atoms with E-state index >= 15 is 0 Å². The first-order valence-corrected chi connectivity index (χ1v) is 7.56. The van der Waals surface area contributed by atoms with E-state index in [2.05, 4.69) is 15.6 Å². The Morgan fingerprint density at radius 3 is 2.38 bits per heavy atom. The van der Waals surface area contributed by atoms with Gasteiger partial charge < -0.3 is 15.4 Å². The monoisotopic (exact) mass is 459 g/mol. The highest BCUT2D eigenvalue weighted by molar-refractivity contribution is 14.0. The second-order valence-corrected chi connectivity index (χ2v) is 5.21. The van der Waals surface area contributed by atoms with Crippen LogP contribution in [0.4, 0.5) is 13.2 Å². The van der Waals surface area contributed by atoms with E-state index in [1.54, 1.807) is 7.11 Å². The maximum absolute atomic E-state index is 12.5. The standard InChI is InChI=1S/C16H24F3N3O.HI/c1-4-20-15(22-12(2)11-23-3)21-10-9-13-5-7-14(8-6-13)16(17,18)19;/h5-8,12H,4,9-11H2,1-3H3,(H2,20,21,22);1H. The lowest BCUT2D eigenvalue weighted by atomic mass is 10.1. The lowest BCUT2D eigenvalue weighted by Crippen LogP contribution is -2.44. The van der Waals surface area contributed by atoms with Gasteiger partial charge in [-0.2, -0.15) is 13.2 Å². The van der Waals surface area contributed by atoms with Crippen LogP contribution in [0, 0.1) is 0 Å². The van der Waals surface area contributed by atoms with Gasteiger partial charge in [-0.05, 0) is 38.0 Å². The molecular weight excluding hydrogens is 434 g/mol. The molecule has 24 heavy (non-hydrogen) atoms. The minimum Gasteiger partial charge on any atom is -0.383 e. The van der Waals surface area contributed by atoms with Crippen LogP contribution < -0.4 is 10.6 Å². The predicted molar refractivity (Wildman–Crippen MR) is 101 cm³/mol. The number of methoxy groups -OCH3 is 1. The SMILES string of the molecule is CCNC(=NCCc1ccc(C(F)(F)F)cc1)NC(C)COC.I. The normalized spacial score (nSPS) is 13.2. The lowest BCUT2D eigenvalue weighted by Gasteiger charge is -2.17. The summed E-state index contributed by atoms with van der Waals surface area (Å²) in [5.41, 5.74) is 0.190. The molecule has 0 aliphatic rings. The molecule has 0 bridgehead atoms. The summed E-state index contributed by atoms with van der Waals surface area (Å²) in [5, 5.41) is 6.32. The average Bonchev–Trinajstić information content (AvgIpc) is 2.47. The first-order valence-electron chi connectivity index (χ1n) is 7.56. The van der Waals surface area contributed by atoms with E-state index in [9.17, 15) is 13.2 Å². The van der Waals surface area contributed by atoms with E-state index in [0.29, 0.717) is 25.5 Å². The van der Waals surface area contributed by atoms with Crippen molar-refractivity contribution in [3.8, 4) is 0 Å². The average molecular weight is 459 g/mol. The van der Waals surface area contributed by atoms with Crippen LogP contribution in [0.3, 0.4) is 0 Å². The number of nitrogens with zero attached hydrogens (tertiary/aromatic N) is 1. The summed E-state index contributed by atoms with van der Waals surface area (Å²) in [6.45, 7) is 5.72. The van der Waals surface area contributed by atoms with Crippen molar-refractivity contribution in [3.63, 3.8) is 0 Å². The van der Waals surface area contributed by atoms with Crippen LogP contribution >= 0.6 is 24.0 Å². The van der Waals surface area contributed by atoms with Gasteiger partial charge in [-0.15, -0.1) is 24.0 Å². The number of benzene rings is 1. The molecule has 1 aromatic rings. The zero-order valence-electron chi connectivity index (χ0n) is 14.1. The number of nitrogens with one attached hydrogen (secondary N) is 2. The molecule has 0 amide bonds.